The van der Waals surface area contributed by atoms with Gasteiger partial charge in [-0.1, -0.05) is 47.5 Å². The normalized spacial score (nSPS) is 26.3. The fraction of sp³-hybridized carbons (Fsp3) is 0.368. The summed E-state index contributed by atoms with van der Waals surface area (Å²) in [5.41, 5.74) is 8.13. The Balaban J connectivity index is 2.04. The SMILES string of the molecule is Cc1ccc([C@@H]2[C@@H](S(=O)(=O)c3ccc(C)cc3)[C@]2(CN)CO)cc1. The number of aliphatic hydroxyl groups excluding tert-OH is 1. The maximum atomic E-state index is 13.1. The summed E-state index contributed by atoms with van der Waals surface area (Å²) in [6, 6.07) is 14.6. The topological polar surface area (TPSA) is 80.4 Å². The number of rotatable bonds is 5. The first-order valence-electron chi connectivity index (χ1n) is 8.05. The van der Waals surface area contributed by atoms with Crippen molar-refractivity contribution in [2.24, 2.45) is 11.1 Å². The molecule has 3 atom stereocenters. The predicted molar refractivity (Wildman–Crippen MR) is 94.6 cm³/mol. The van der Waals surface area contributed by atoms with Crippen LogP contribution in [0.2, 0.25) is 0 Å². The van der Waals surface area contributed by atoms with Crippen molar-refractivity contribution in [3.8, 4) is 0 Å². The Morgan fingerprint density at radius 2 is 1.50 bits per heavy atom. The molecule has 0 amide bonds. The highest BCUT2D eigenvalue weighted by molar-refractivity contribution is 7.92. The molecule has 3 N–H and O–H groups in total. The van der Waals surface area contributed by atoms with Crippen LogP contribution in [0.25, 0.3) is 0 Å². The van der Waals surface area contributed by atoms with Crippen LogP contribution in [0.15, 0.2) is 53.4 Å². The highest BCUT2D eigenvalue weighted by Crippen LogP contribution is 2.63. The van der Waals surface area contributed by atoms with E-state index in [0.717, 1.165) is 16.7 Å². The molecule has 0 bridgehead atoms. The molecule has 3 rings (SSSR count). The minimum Gasteiger partial charge on any atom is -0.396 e. The van der Waals surface area contributed by atoms with Crippen molar-refractivity contribution in [1.82, 2.24) is 0 Å². The second kappa shape index (κ2) is 5.99. The van der Waals surface area contributed by atoms with Crippen LogP contribution in [0.1, 0.15) is 22.6 Å². The van der Waals surface area contributed by atoms with Crippen molar-refractivity contribution in [2.45, 2.75) is 29.9 Å². The van der Waals surface area contributed by atoms with Crippen molar-refractivity contribution < 1.29 is 13.5 Å². The molecule has 1 fully saturated rings. The van der Waals surface area contributed by atoms with Crippen LogP contribution in [-0.4, -0.2) is 31.9 Å². The minimum absolute atomic E-state index is 0.137. The molecule has 24 heavy (non-hydrogen) atoms. The number of nitrogens with two attached hydrogens (primary N) is 1. The zero-order chi connectivity index (χ0) is 17.5. The number of aryl methyl sites for hydroxylation is 2. The van der Waals surface area contributed by atoms with Gasteiger partial charge in [-0.25, -0.2) is 8.42 Å². The Morgan fingerprint density at radius 1 is 1.00 bits per heavy atom. The van der Waals surface area contributed by atoms with E-state index in [2.05, 4.69) is 0 Å². The molecule has 0 heterocycles. The monoisotopic (exact) mass is 345 g/mol. The first-order valence-corrected chi connectivity index (χ1v) is 9.59. The quantitative estimate of drug-likeness (QED) is 0.870. The molecule has 2 aromatic rings. The van der Waals surface area contributed by atoms with Gasteiger partial charge < -0.3 is 10.8 Å². The molecule has 5 heteroatoms. The summed E-state index contributed by atoms with van der Waals surface area (Å²) in [6.45, 7) is 3.80. The van der Waals surface area contributed by atoms with Gasteiger partial charge in [-0.2, -0.15) is 0 Å². The summed E-state index contributed by atoms with van der Waals surface area (Å²) < 4.78 is 26.2. The average molecular weight is 345 g/mol. The van der Waals surface area contributed by atoms with E-state index in [1.54, 1.807) is 24.3 Å². The first kappa shape index (κ1) is 17.1. The summed E-state index contributed by atoms with van der Waals surface area (Å²) in [5.74, 6) is -0.278. The van der Waals surface area contributed by atoms with E-state index in [9.17, 15) is 13.5 Å². The van der Waals surface area contributed by atoms with E-state index in [4.69, 9.17) is 5.73 Å². The van der Waals surface area contributed by atoms with E-state index in [-0.39, 0.29) is 19.1 Å². The molecule has 0 saturated heterocycles. The highest BCUT2D eigenvalue weighted by Gasteiger charge is 2.70. The first-order chi connectivity index (χ1) is 11.4. The van der Waals surface area contributed by atoms with Crippen LogP contribution in [0.5, 0.6) is 0 Å². The van der Waals surface area contributed by atoms with Crippen LogP contribution in [0.3, 0.4) is 0 Å². The maximum Gasteiger partial charge on any atom is 0.182 e. The molecule has 2 aromatic carbocycles. The molecule has 0 aromatic heterocycles. The van der Waals surface area contributed by atoms with Crippen LogP contribution in [-0.2, 0) is 9.84 Å². The third-order valence-corrected chi connectivity index (χ3v) is 7.51. The van der Waals surface area contributed by atoms with Gasteiger partial charge in [-0.05, 0) is 31.5 Å². The van der Waals surface area contributed by atoms with E-state index >= 15 is 0 Å². The van der Waals surface area contributed by atoms with E-state index in [0.29, 0.717) is 4.90 Å². The molecule has 1 saturated carbocycles. The van der Waals surface area contributed by atoms with Crippen molar-refractivity contribution in [2.75, 3.05) is 13.2 Å². The van der Waals surface area contributed by atoms with Crippen LogP contribution < -0.4 is 5.73 Å². The van der Waals surface area contributed by atoms with Crippen LogP contribution in [0.4, 0.5) is 0 Å². The molecule has 0 aliphatic heterocycles. The van der Waals surface area contributed by atoms with Gasteiger partial charge in [0.2, 0.25) is 0 Å². The molecule has 128 valence electrons. The molecule has 1 aliphatic carbocycles. The van der Waals surface area contributed by atoms with Gasteiger partial charge >= 0.3 is 0 Å². The summed E-state index contributed by atoms with van der Waals surface area (Å²) in [4.78, 5) is 0.291. The number of benzene rings is 2. The van der Waals surface area contributed by atoms with Crippen LogP contribution >= 0.6 is 0 Å². The van der Waals surface area contributed by atoms with Gasteiger partial charge in [0.15, 0.2) is 9.84 Å². The predicted octanol–water partition coefficient (Wildman–Crippen LogP) is 2.18. The fourth-order valence-corrected chi connectivity index (χ4v) is 6.04. The minimum atomic E-state index is -3.56. The largest absolute Gasteiger partial charge is 0.396 e. The lowest BCUT2D eigenvalue weighted by Crippen LogP contribution is -2.27. The van der Waals surface area contributed by atoms with Crippen molar-refractivity contribution in [3.63, 3.8) is 0 Å². The number of aliphatic hydroxyl groups is 1. The van der Waals surface area contributed by atoms with Gasteiger partial charge in [0.05, 0.1) is 16.8 Å². The van der Waals surface area contributed by atoms with Crippen molar-refractivity contribution in [1.29, 1.82) is 0 Å². The Kier molecular flexibility index (Phi) is 4.28. The van der Waals surface area contributed by atoms with Crippen LogP contribution in [0, 0.1) is 19.3 Å². The standard InChI is InChI=1S/C19H23NO3S/c1-13-3-7-15(8-4-13)17-18(19(17,11-20)12-21)24(22,23)16-9-5-14(2)6-10-16/h3-10,17-18,21H,11-12,20H2,1-2H3/t17-,18-,19-/m1/s1. The number of sulfone groups is 1. The van der Waals surface area contributed by atoms with Crippen molar-refractivity contribution in [3.05, 3.63) is 65.2 Å². The van der Waals surface area contributed by atoms with Gasteiger partial charge in [-0.3, -0.25) is 0 Å². The third kappa shape index (κ3) is 2.57. The molecule has 0 spiro atoms. The zero-order valence-electron chi connectivity index (χ0n) is 13.9. The molecule has 4 nitrogen and oxygen atoms in total. The Morgan fingerprint density at radius 3 is 1.96 bits per heavy atom. The van der Waals surface area contributed by atoms with Gasteiger partial charge in [0.25, 0.3) is 0 Å². The molecular weight excluding hydrogens is 322 g/mol. The summed E-state index contributed by atoms with van der Waals surface area (Å²) in [6.07, 6.45) is 0. The summed E-state index contributed by atoms with van der Waals surface area (Å²) in [7, 11) is -3.56. The third-order valence-electron chi connectivity index (χ3n) is 5.17. The molecular formula is C19H23NO3S. The van der Waals surface area contributed by atoms with Gasteiger partial charge in [0.1, 0.15) is 0 Å². The lowest BCUT2D eigenvalue weighted by molar-refractivity contribution is 0.212. The van der Waals surface area contributed by atoms with Crippen molar-refractivity contribution >= 4 is 9.84 Å². The molecule has 1 aliphatic rings. The molecule has 0 radical (unpaired) electrons. The smallest absolute Gasteiger partial charge is 0.182 e. The Hall–Kier alpha value is -1.69. The highest BCUT2D eigenvalue weighted by atomic mass is 32.2. The molecule has 0 unspecified atom stereocenters. The average Bonchev–Trinajstić information content (AvgIpc) is 3.26. The lowest BCUT2D eigenvalue weighted by atomic mass is 9.99. The van der Waals surface area contributed by atoms with Gasteiger partial charge in [0, 0.05) is 17.9 Å². The summed E-state index contributed by atoms with van der Waals surface area (Å²) >= 11 is 0. The second-order valence-corrected chi connectivity index (χ2v) is 8.83. The van der Waals surface area contributed by atoms with Gasteiger partial charge in [-0.15, -0.1) is 0 Å². The number of hydrogen-bond acceptors (Lipinski definition) is 4. The summed E-state index contributed by atoms with van der Waals surface area (Å²) in [5, 5.41) is 9.23. The lowest BCUT2D eigenvalue weighted by Gasteiger charge is -2.12. The van der Waals surface area contributed by atoms with E-state index in [1.807, 2.05) is 38.1 Å². The zero-order valence-corrected chi connectivity index (χ0v) is 14.8. The Bertz CT molecular complexity index is 822. The van der Waals surface area contributed by atoms with E-state index < -0.39 is 20.5 Å². The fourth-order valence-electron chi connectivity index (χ4n) is 3.59. The van der Waals surface area contributed by atoms with E-state index in [1.165, 1.54) is 0 Å². The number of hydrogen-bond donors (Lipinski definition) is 2. The Labute approximate surface area is 143 Å². The maximum absolute atomic E-state index is 13.1. The second-order valence-electron chi connectivity index (χ2n) is 6.76.